The van der Waals surface area contributed by atoms with Crippen molar-refractivity contribution in [3.63, 3.8) is 0 Å². The van der Waals surface area contributed by atoms with Crippen LogP contribution in [-0.2, 0) is 0 Å². The van der Waals surface area contributed by atoms with Gasteiger partial charge in [-0.25, -0.2) is 0 Å². The van der Waals surface area contributed by atoms with Gasteiger partial charge in [0.1, 0.15) is 5.75 Å². The van der Waals surface area contributed by atoms with Gasteiger partial charge in [0.2, 0.25) is 11.9 Å². The van der Waals surface area contributed by atoms with Crippen LogP contribution in [0, 0.1) is 6.92 Å². The Morgan fingerprint density at radius 3 is 2.43 bits per heavy atom. The van der Waals surface area contributed by atoms with E-state index >= 15 is 0 Å². The lowest BCUT2D eigenvalue weighted by molar-refractivity contribution is 0.379. The highest BCUT2D eigenvalue weighted by Gasteiger charge is 2.07. The number of hydrogen-bond acceptors (Lipinski definition) is 7. The zero-order valence-corrected chi connectivity index (χ0v) is 12.6. The van der Waals surface area contributed by atoms with E-state index < -0.39 is 0 Å². The van der Waals surface area contributed by atoms with Gasteiger partial charge >= 0.3 is 6.01 Å². The minimum absolute atomic E-state index is 0.258. The number of hydrogen-bond donors (Lipinski definition) is 2. The molecule has 0 amide bonds. The summed E-state index contributed by atoms with van der Waals surface area (Å²) >= 11 is 0. The molecule has 1 aromatic heterocycles. The fourth-order valence-corrected chi connectivity index (χ4v) is 1.83. The molecule has 2 rings (SSSR count). The number of methoxy groups -OCH3 is 2. The van der Waals surface area contributed by atoms with Gasteiger partial charge in [-0.2, -0.15) is 15.0 Å². The first-order valence-electron chi connectivity index (χ1n) is 6.62. The van der Waals surface area contributed by atoms with Crippen molar-refractivity contribution in [2.24, 2.45) is 0 Å². The summed E-state index contributed by atoms with van der Waals surface area (Å²) in [4.78, 5) is 12.6. The molecule has 2 aromatic rings. The number of aryl methyl sites for hydroxylation is 1. The van der Waals surface area contributed by atoms with E-state index in [-0.39, 0.29) is 6.01 Å². The lowest BCUT2D eigenvalue weighted by atomic mass is 10.2. The van der Waals surface area contributed by atoms with Crippen LogP contribution in [-0.4, -0.2) is 35.7 Å². The van der Waals surface area contributed by atoms with Crippen molar-refractivity contribution in [1.29, 1.82) is 0 Å². The smallest absolute Gasteiger partial charge is 0.322 e. The number of aromatic nitrogens is 3. The fraction of sp³-hybridized carbons (Fsp3) is 0.357. The molecule has 1 aromatic carbocycles. The van der Waals surface area contributed by atoms with Crippen molar-refractivity contribution in [3.05, 3.63) is 23.8 Å². The van der Waals surface area contributed by atoms with E-state index in [0.29, 0.717) is 18.4 Å². The first kappa shape index (κ1) is 14.8. The van der Waals surface area contributed by atoms with Crippen molar-refractivity contribution in [1.82, 2.24) is 15.0 Å². The van der Waals surface area contributed by atoms with Crippen LogP contribution in [0.5, 0.6) is 11.8 Å². The van der Waals surface area contributed by atoms with Gasteiger partial charge in [0.05, 0.1) is 14.2 Å². The molecule has 21 heavy (non-hydrogen) atoms. The Bertz CT molecular complexity index is 618. The molecule has 0 radical (unpaired) electrons. The maximum atomic E-state index is 5.24. The SMILES string of the molecule is CCNc1nc(Nc2ccc(OC)c(C)c2)nc(OC)n1. The van der Waals surface area contributed by atoms with Crippen molar-refractivity contribution < 1.29 is 9.47 Å². The second-order valence-electron chi connectivity index (χ2n) is 4.31. The van der Waals surface area contributed by atoms with Crippen molar-refractivity contribution in [2.45, 2.75) is 13.8 Å². The first-order chi connectivity index (χ1) is 10.2. The number of ether oxygens (including phenoxy) is 2. The Morgan fingerprint density at radius 1 is 1.05 bits per heavy atom. The molecule has 0 saturated carbocycles. The molecule has 7 nitrogen and oxygen atoms in total. The van der Waals surface area contributed by atoms with Crippen LogP contribution in [0.4, 0.5) is 17.6 Å². The van der Waals surface area contributed by atoms with Gasteiger partial charge < -0.3 is 20.1 Å². The molecule has 0 aliphatic rings. The quantitative estimate of drug-likeness (QED) is 0.844. The van der Waals surface area contributed by atoms with Crippen molar-refractivity contribution in [3.8, 4) is 11.8 Å². The molecular weight excluding hydrogens is 270 g/mol. The highest BCUT2D eigenvalue weighted by Crippen LogP contribution is 2.23. The normalized spacial score (nSPS) is 10.1. The van der Waals surface area contributed by atoms with E-state index in [4.69, 9.17) is 9.47 Å². The molecule has 0 bridgehead atoms. The Morgan fingerprint density at radius 2 is 1.81 bits per heavy atom. The van der Waals surface area contributed by atoms with E-state index in [1.165, 1.54) is 7.11 Å². The van der Waals surface area contributed by atoms with Crippen LogP contribution >= 0.6 is 0 Å². The molecule has 7 heteroatoms. The Hall–Kier alpha value is -2.57. The molecule has 112 valence electrons. The third-order valence-corrected chi connectivity index (χ3v) is 2.78. The van der Waals surface area contributed by atoms with Crippen LogP contribution in [0.25, 0.3) is 0 Å². The first-order valence-corrected chi connectivity index (χ1v) is 6.62. The molecule has 1 heterocycles. The van der Waals surface area contributed by atoms with E-state index in [1.807, 2.05) is 32.0 Å². The monoisotopic (exact) mass is 289 g/mol. The summed E-state index contributed by atoms with van der Waals surface area (Å²) in [6.07, 6.45) is 0. The van der Waals surface area contributed by atoms with Gasteiger partial charge in [0.15, 0.2) is 0 Å². The Kier molecular flexibility index (Phi) is 4.76. The predicted octanol–water partition coefficient (Wildman–Crippen LogP) is 2.37. The fourth-order valence-electron chi connectivity index (χ4n) is 1.83. The molecule has 0 fully saturated rings. The molecule has 0 saturated heterocycles. The summed E-state index contributed by atoms with van der Waals surface area (Å²) in [5.74, 6) is 1.72. The second kappa shape index (κ2) is 6.74. The predicted molar refractivity (Wildman–Crippen MR) is 81.6 cm³/mol. The summed E-state index contributed by atoms with van der Waals surface area (Å²) in [6.45, 7) is 4.66. The van der Waals surface area contributed by atoms with Gasteiger partial charge in [-0.15, -0.1) is 0 Å². The van der Waals surface area contributed by atoms with Crippen molar-refractivity contribution >= 4 is 17.6 Å². The van der Waals surface area contributed by atoms with Gasteiger partial charge in [-0.1, -0.05) is 0 Å². The van der Waals surface area contributed by atoms with Crippen LogP contribution in [0.15, 0.2) is 18.2 Å². The minimum Gasteiger partial charge on any atom is -0.496 e. The van der Waals surface area contributed by atoms with E-state index in [2.05, 4.69) is 25.6 Å². The van der Waals surface area contributed by atoms with Crippen LogP contribution in [0.1, 0.15) is 12.5 Å². The summed E-state index contributed by atoms with van der Waals surface area (Å²) in [5.41, 5.74) is 1.89. The Balaban J connectivity index is 2.25. The number of benzene rings is 1. The molecule has 0 aliphatic heterocycles. The lowest BCUT2D eigenvalue weighted by Gasteiger charge is -2.10. The molecule has 0 aliphatic carbocycles. The molecule has 0 unspecified atom stereocenters. The molecule has 0 atom stereocenters. The maximum Gasteiger partial charge on any atom is 0.322 e. The van der Waals surface area contributed by atoms with Crippen LogP contribution in [0.3, 0.4) is 0 Å². The number of nitrogens with one attached hydrogen (secondary N) is 2. The second-order valence-corrected chi connectivity index (χ2v) is 4.31. The van der Waals surface area contributed by atoms with E-state index in [9.17, 15) is 0 Å². The molecule has 0 spiro atoms. The topological polar surface area (TPSA) is 81.2 Å². The zero-order valence-electron chi connectivity index (χ0n) is 12.6. The Labute approximate surface area is 123 Å². The van der Waals surface area contributed by atoms with Crippen LogP contribution in [0.2, 0.25) is 0 Å². The van der Waals surface area contributed by atoms with Gasteiger partial charge in [-0.3, -0.25) is 0 Å². The number of rotatable bonds is 6. The van der Waals surface area contributed by atoms with Crippen LogP contribution < -0.4 is 20.1 Å². The standard InChI is InChI=1S/C14H19N5O2/c1-5-15-12-17-13(19-14(18-12)21-4)16-10-6-7-11(20-3)9(2)8-10/h6-8H,5H2,1-4H3,(H2,15,16,17,18,19). The number of nitrogens with zero attached hydrogens (tertiary/aromatic N) is 3. The summed E-state index contributed by atoms with van der Waals surface area (Å²) in [7, 11) is 3.17. The van der Waals surface area contributed by atoms with Crippen molar-refractivity contribution in [2.75, 3.05) is 31.4 Å². The summed E-state index contributed by atoms with van der Waals surface area (Å²) in [6, 6.07) is 6.01. The zero-order chi connectivity index (χ0) is 15.2. The minimum atomic E-state index is 0.258. The largest absolute Gasteiger partial charge is 0.496 e. The highest BCUT2D eigenvalue weighted by atomic mass is 16.5. The molecular formula is C14H19N5O2. The highest BCUT2D eigenvalue weighted by molar-refractivity contribution is 5.57. The third kappa shape index (κ3) is 3.71. The average molecular weight is 289 g/mol. The van der Waals surface area contributed by atoms with Gasteiger partial charge in [0.25, 0.3) is 0 Å². The van der Waals surface area contributed by atoms with Gasteiger partial charge in [-0.05, 0) is 37.6 Å². The maximum absolute atomic E-state index is 5.24. The summed E-state index contributed by atoms with van der Waals surface area (Å²) < 4.78 is 10.3. The van der Waals surface area contributed by atoms with E-state index in [0.717, 1.165) is 17.0 Å². The number of anilines is 3. The lowest BCUT2D eigenvalue weighted by Crippen LogP contribution is -2.08. The summed E-state index contributed by atoms with van der Waals surface area (Å²) in [5, 5.41) is 6.17. The molecule has 2 N–H and O–H groups in total. The van der Waals surface area contributed by atoms with E-state index in [1.54, 1.807) is 7.11 Å². The average Bonchev–Trinajstić information content (AvgIpc) is 2.47. The van der Waals surface area contributed by atoms with Gasteiger partial charge in [0, 0.05) is 12.2 Å². The third-order valence-electron chi connectivity index (χ3n) is 2.78.